The number of carbonyl (C=O) groups is 1. The van der Waals surface area contributed by atoms with E-state index in [2.05, 4.69) is 45.6 Å². The quantitative estimate of drug-likeness (QED) is 0.317. The average Bonchev–Trinajstić information content (AvgIpc) is 3.07. The number of carbonyl (C=O) groups excluding carboxylic acids is 1. The lowest BCUT2D eigenvalue weighted by atomic mass is 10.2. The third-order valence-corrected chi connectivity index (χ3v) is 4.56. The van der Waals surface area contributed by atoms with E-state index in [4.69, 9.17) is 5.73 Å². The standard InChI is InChI=1S/C23H20N4O/c24-20-12-10-18(11-13-20)23(28)26-25-14-19-16-27(15-17-6-2-1-3-7-17)22-9-5-4-8-21(19)22/h1-14,16H,15,24H2,(H,26,28)/b25-14-. The van der Waals surface area contributed by atoms with Gasteiger partial charge >= 0.3 is 0 Å². The SMILES string of the molecule is Nc1ccc(C(=O)N/N=C\c2cn(Cc3ccccc3)c3ccccc23)cc1. The molecule has 0 atom stereocenters. The van der Waals surface area contributed by atoms with Crippen molar-refractivity contribution in [1.82, 2.24) is 9.99 Å². The average molecular weight is 368 g/mol. The maximum atomic E-state index is 12.2. The van der Waals surface area contributed by atoms with Crippen LogP contribution in [0, 0.1) is 0 Å². The van der Waals surface area contributed by atoms with E-state index in [1.54, 1.807) is 30.5 Å². The molecule has 0 radical (unpaired) electrons. The van der Waals surface area contributed by atoms with Crippen molar-refractivity contribution in [2.75, 3.05) is 5.73 Å². The van der Waals surface area contributed by atoms with Crippen LogP contribution in [-0.2, 0) is 6.54 Å². The second-order valence-corrected chi connectivity index (χ2v) is 6.54. The molecule has 0 aliphatic rings. The first-order valence-corrected chi connectivity index (χ1v) is 9.01. The number of amides is 1. The van der Waals surface area contributed by atoms with Crippen molar-refractivity contribution >= 4 is 28.7 Å². The second-order valence-electron chi connectivity index (χ2n) is 6.54. The Kier molecular flexibility index (Phi) is 4.89. The number of para-hydroxylation sites is 1. The first-order chi connectivity index (χ1) is 13.7. The molecule has 4 rings (SSSR count). The molecule has 0 fully saturated rings. The summed E-state index contributed by atoms with van der Waals surface area (Å²) in [5.41, 5.74) is 12.6. The molecule has 1 amide bonds. The third kappa shape index (κ3) is 3.78. The summed E-state index contributed by atoms with van der Waals surface area (Å²) in [5.74, 6) is -0.274. The molecule has 138 valence electrons. The Morgan fingerprint density at radius 2 is 1.68 bits per heavy atom. The van der Waals surface area contributed by atoms with Crippen molar-refractivity contribution in [3.63, 3.8) is 0 Å². The van der Waals surface area contributed by atoms with Gasteiger partial charge in [-0.2, -0.15) is 5.10 Å². The van der Waals surface area contributed by atoms with Gasteiger partial charge < -0.3 is 10.3 Å². The van der Waals surface area contributed by atoms with Crippen molar-refractivity contribution in [2.24, 2.45) is 5.10 Å². The van der Waals surface area contributed by atoms with Crippen LogP contribution in [0.3, 0.4) is 0 Å². The van der Waals surface area contributed by atoms with E-state index in [0.29, 0.717) is 11.3 Å². The monoisotopic (exact) mass is 368 g/mol. The van der Waals surface area contributed by atoms with Crippen LogP contribution in [0.2, 0.25) is 0 Å². The Bertz CT molecular complexity index is 1130. The van der Waals surface area contributed by atoms with E-state index in [0.717, 1.165) is 23.0 Å². The minimum absolute atomic E-state index is 0.274. The molecule has 3 N–H and O–H groups in total. The van der Waals surface area contributed by atoms with E-state index >= 15 is 0 Å². The summed E-state index contributed by atoms with van der Waals surface area (Å²) in [6.45, 7) is 0.771. The predicted molar refractivity (Wildman–Crippen MR) is 113 cm³/mol. The van der Waals surface area contributed by atoms with Crippen LogP contribution in [0.25, 0.3) is 10.9 Å². The molecule has 28 heavy (non-hydrogen) atoms. The Hall–Kier alpha value is -3.86. The Balaban J connectivity index is 1.56. The fourth-order valence-electron chi connectivity index (χ4n) is 3.15. The molecule has 0 aliphatic heterocycles. The van der Waals surface area contributed by atoms with Gasteiger partial charge in [-0.15, -0.1) is 0 Å². The number of nitrogens with zero attached hydrogens (tertiary/aromatic N) is 2. The number of fused-ring (bicyclic) bond motifs is 1. The van der Waals surface area contributed by atoms with Gasteiger partial charge in [-0.05, 0) is 35.9 Å². The van der Waals surface area contributed by atoms with E-state index in [9.17, 15) is 4.79 Å². The van der Waals surface area contributed by atoms with Gasteiger partial charge in [0.25, 0.3) is 5.91 Å². The van der Waals surface area contributed by atoms with Gasteiger partial charge in [0.15, 0.2) is 0 Å². The maximum Gasteiger partial charge on any atom is 0.271 e. The van der Waals surface area contributed by atoms with Crippen molar-refractivity contribution in [1.29, 1.82) is 0 Å². The zero-order chi connectivity index (χ0) is 19.3. The summed E-state index contributed by atoms with van der Waals surface area (Å²) < 4.78 is 2.19. The van der Waals surface area contributed by atoms with Crippen LogP contribution < -0.4 is 11.2 Å². The number of hydrogen-bond acceptors (Lipinski definition) is 3. The first-order valence-electron chi connectivity index (χ1n) is 9.01. The second kappa shape index (κ2) is 7.80. The van der Waals surface area contributed by atoms with Crippen LogP contribution >= 0.6 is 0 Å². The predicted octanol–water partition coefficient (Wildman–Crippen LogP) is 4.04. The Morgan fingerprint density at radius 3 is 2.46 bits per heavy atom. The number of nitrogens with one attached hydrogen (secondary N) is 1. The largest absolute Gasteiger partial charge is 0.399 e. The highest BCUT2D eigenvalue weighted by molar-refractivity contribution is 6.00. The van der Waals surface area contributed by atoms with Crippen LogP contribution in [0.15, 0.2) is 90.2 Å². The molecule has 0 bridgehead atoms. The van der Waals surface area contributed by atoms with E-state index in [1.807, 2.05) is 30.3 Å². The van der Waals surface area contributed by atoms with Crippen molar-refractivity contribution in [2.45, 2.75) is 6.54 Å². The number of aromatic nitrogens is 1. The normalized spacial score (nSPS) is 11.1. The number of rotatable bonds is 5. The van der Waals surface area contributed by atoms with Gasteiger partial charge in [-0.3, -0.25) is 4.79 Å². The van der Waals surface area contributed by atoms with Gasteiger partial charge in [-0.25, -0.2) is 5.43 Å². The minimum Gasteiger partial charge on any atom is -0.399 e. The topological polar surface area (TPSA) is 72.4 Å². The Labute approximate surface area is 163 Å². The summed E-state index contributed by atoms with van der Waals surface area (Å²) in [6, 6.07) is 25.2. The molecule has 1 aromatic heterocycles. The summed E-state index contributed by atoms with van der Waals surface area (Å²) in [4.78, 5) is 12.2. The molecule has 0 saturated heterocycles. The van der Waals surface area contributed by atoms with Gasteiger partial charge in [-0.1, -0.05) is 48.5 Å². The zero-order valence-corrected chi connectivity index (χ0v) is 15.2. The molecule has 0 spiro atoms. The number of benzene rings is 3. The summed E-state index contributed by atoms with van der Waals surface area (Å²) >= 11 is 0. The van der Waals surface area contributed by atoms with E-state index < -0.39 is 0 Å². The smallest absolute Gasteiger partial charge is 0.271 e. The molecule has 1 heterocycles. The molecule has 5 nitrogen and oxygen atoms in total. The lowest BCUT2D eigenvalue weighted by Crippen LogP contribution is -2.17. The van der Waals surface area contributed by atoms with Gasteiger partial charge in [0.1, 0.15) is 0 Å². The number of hydrogen-bond donors (Lipinski definition) is 2. The molecule has 4 aromatic rings. The molecule has 0 unspecified atom stereocenters. The zero-order valence-electron chi connectivity index (χ0n) is 15.2. The van der Waals surface area contributed by atoms with Gasteiger partial charge in [0, 0.05) is 40.5 Å². The maximum absolute atomic E-state index is 12.2. The highest BCUT2D eigenvalue weighted by Crippen LogP contribution is 2.21. The number of nitrogen functional groups attached to an aromatic ring is 1. The lowest BCUT2D eigenvalue weighted by Gasteiger charge is -2.05. The highest BCUT2D eigenvalue weighted by Gasteiger charge is 2.08. The molecular formula is C23H20N4O. The first kappa shape index (κ1) is 17.5. The molecule has 3 aromatic carbocycles. The fraction of sp³-hybridized carbons (Fsp3) is 0.0435. The summed E-state index contributed by atoms with van der Waals surface area (Å²) in [5, 5.41) is 5.23. The fourth-order valence-corrected chi connectivity index (χ4v) is 3.15. The number of nitrogens with two attached hydrogens (primary N) is 1. The third-order valence-electron chi connectivity index (χ3n) is 4.56. The number of hydrazone groups is 1. The van der Waals surface area contributed by atoms with E-state index in [-0.39, 0.29) is 5.91 Å². The van der Waals surface area contributed by atoms with Gasteiger partial charge in [0.05, 0.1) is 6.21 Å². The molecular weight excluding hydrogens is 348 g/mol. The lowest BCUT2D eigenvalue weighted by molar-refractivity contribution is 0.0955. The van der Waals surface area contributed by atoms with E-state index in [1.165, 1.54) is 5.56 Å². The van der Waals surface area contributed by atoms with Crippen molar-refractivity contribution in [3.8, 4) is 0 Å². The van der Waals surface area contributed by atoms with Gasteiger partial charge in [0.2, 0.25) is 0 Å². The van der Waals surface area contributed by atoms with Crippen molar-refractivity contribution < 1.29 is 4.79 Å². The highest BCUT2D eigenvalue weighted by atomic mass is 16.2. The summed E-state index contributed by atoms with van der Waals surface area (Å²) in [7, 11) is 0. The van der Waals surface area contributed by atoms with Crippen LogP contribution in [0.1, 0.15) is 21.5 Å². The van der Waals surface area contributed by atoms with Crippen LogP contribution in [0.4, 0.5) is 5.69 Å². The Morgan fingerprint density at radius 1 is 0.964 bits per heavy atom. The molecule has 5 heteroatoms. The van der Waals surface area contributed by atoms with Crippen LogP contribution in [0.5, 0.6) is 0 Å². The summed E-state index contributed by atoms with van der Waals surface area (Å²) in [6.07, 6.45) is 3.73. The van der Waals surface area contributed by atoms with Crippen molar-refractivity contribution in [3.05, 3.63) is 102 Å². The molecule has 0 saturated carbocycles. The molecule has 0 aliphatic carbocycles. The van der Waals surface area contributed by atoms with Crippen LogP contribution in [-0.4, -0.2) is 16.7 Å². The minimum atomic E-state index is -0.274. The number of anilines is 1.